The second-order valence-electron chi connectivity index (χ2n) is 5.88. The van der Waals surface area contributed by atoms with Gasteiger partial charge in [0.15, 0.2) is 11.5 Å². The number of halogens is 1. The molecule has 0 spiro atoms. The molecule has 1 aromatic carbocycles. The quantitative estimate of drug-likeness (QED) is 0.850. The molecule has 0 saturated heterocycles. The van der Waals surface area contributed by atoms with Crippen LogP contribution in [0.15, 0.2) is 30.3 Å². The zero-order valence-electron chi connectivity index (χ0n) is 14.2. The van der Waals surface area contributed by atoms with Gasteiger partial charge in [-0.3, -0.25) is 4.79 Å². The first kappa shape index (κ1) is 18.9. The van der Waals surface area contributed by atoms with E-state index in [1.54, 1.807) is 18.2 Å². The average molecular weight is 364 g/mol. The number of hydrogen-bond donors (Lipinski definition) is 2. The van der Waals surface area contributed by atoms with Crippen LogP contribution in [0, 0.1) is 6.92 Å². The number of nitrogens with two attached hydrogens (primary N) is 1. The molecule has 1 aromatic heterocycles. The maximum Gasteiger partial charge on any atom is 0.251 e. The Morgan fingerprint density at radius 3 is 2.76 bits per heavy atom. The average Bonchev–Trinajstić information content (AvgIpc) is 3.01. The third kappa shape index (κ3) is 4.33. The van der Waals surface area contributed by atoms with Gasteiger partial charge < -0.3 is 20.5 Å². The third-order valence-corrected chi connectivity index (χ3v) is 3.88. The zero-order valence-corrected chi connectivity index (χ0v) is 15.1. The van der Waals surface area contributed by atoms with E-state index in [4.69, 9.17) is 15.2 Å². The lowest BCUT2D eigenvalue weighted by atomic mass is 10.0. The number of rotatable bonds is 5. The molecule has 7 heteroatoms. The number of anilines is 1. The van der Waals surface area contributed by atoms with Gasteiger partial charge in [0.2, 0.25) is 6.79 Å². The van der Waals surface area contributed by atoms with Crippen molar-refractivity contribution in [3.05, 3.63) is 47.2 Å². The zero-order chi connectivity index (χ0) is 17.1. The number of aromatic nitrogens is 1. The summed E-state index contributed by atoms with van der Waals surface area (Å²) in [5, 5.41) is 3.04. The maximum absolute atomic E-state index is 12.6. The lowest BCUT2D eigenvalue weighted by molar-refractivity contribution is 0.0933. The van der Waals surface area contributed by atoms with Crippen molar-refractivity contribution < 1.29 is 14.3 Å². The number of amides is 1. The lowest BCUT2D eigenvalue weighted by Crippen LogP contribution is -2.29. The molecule has 0 aliphatic carbocycles. The van der Waals surface area contributed by atoms with E-state index in [2.05, 4.69) is 17.2 Å². The molecule has 3 rings (SSSR count). The molecule has 0 bridgehead atoms. The van der Waals surface area contributed by atoms with Crippen LogP contribution in [0.4, 0.5) is 5.82 Å². The number of nitrogen functional groups attached to an aromatic ring is 1. The second kappa shape index (κ2) is 8.07. The number of ether oxygens (including phenoxy) is 2. The Balaban J connectivity index is 0.00000225. The lowest BCUT2D eigenvalue weighted by Gasteiger charge is -2.19. The van der Waals surface area contributed by atoms with E-state index in [0.717, 1.165) is 24.1 Å². The number of fused-ring (bicyclic) bond motifs is 1. The number of carbonyl (C=O) groups excluding carboxylic acids is 1. The van der Waals surface area contributed by atoms with Gasteiger partial charge in [0.1, 0.15) is 5.82 Å². The fourth-order valence-corrected chi connectivity index (χ4v) is 2.76. The highest BCUT2D eigenvalue weighted by atomic mass is 35.5. The van der Waals surface area contributed by atoms with Crippen molar-refractivity contribution in [3.8, 4) is 11.5 Å². The number of carbonyl (C=O) groups is 1. The Morgan fingerprint density at radius 1 is 1.28 bits per heavy atom. The topological polar surface area (TPSA) is 86.5 Å². The highest BCUT2D eigenvalue weighted by molar-refractivity contribution is 5.95. The van der Waals surface area contributed by atoms with E-state index in [1.807, 2.05) is 19.1 Å². The van der Waals surface area contributed by atoms with Crippen molar-refractivity contribution in [3.63, 3.8) is 0 Å². The molecule has 1 amide bonds. The Morgan fingerprint density at radius 2 is 2.04 bits per heavy atom. The van der Waals surface area contributed by atoms with E-state index in [1.165, 1.54) is 0 Å². The SMILES string of the molecule is CCCC(NC(=O)c1ccc2c(c1)OCO2)c1cc(C)cc(N)n1.Cl. The van der Waals surface area contributed by atoms with Gasteiger partial charge in [0.05, 0.1) is 11.7 Å². The van der Waals surface area contributed by atoms with Crippen molar-refractivity contribution in [2.24, 2.45) is 0 Å². The molecule has 1 aliphatic rings. The standard InChI is InChI=1S/C18H21N3O3.ClH/c1-3-4-13(14-7-11(2)8-17(19)20-14)21-18(22)12-5-6-15-16(9-12)24-10-23-15;/h5-9,13H,3-4,10H2,1-2H3,(H2,19,20)(H,21,22);1H. The van der Waals surface area contributed by atoms with Crippen LogP contribution in [0.1, 0.15) is 47.4 Å². The predicted octanol–water partition coefficient (Wildman–Crippen LogP) is 3.39. The first-order valence-electron chi connectivity index (χ1n) is 8.01. The van der Waals surface area contributed by atoms with Crippen LogP contribution in [0.2, 0.25) is 0 Å². The molecule has 3 N–H and O–H groups in total. The Kier molecular flexibility index (Phi) is 6.09. The van der Waals surface area contributed by atoms with E-state index < -0.39 is 0 Å². The van der Waals surface area contributed by atoms with Crippen LogP contribution in [-0.2, 0) is 0 Å². The molecule has 0 fully saturated rings. The van der Waals surface area contributed by atoms with E-state index in [0.29, 0.717) is 22.9 Å². The normalized spacial score (nSPS) is 13.0. The summed E-state index contributed by atoms with van der Waals surface area (Å²) in [4.78, 5) is 17.0. The van der Waals surface area contributed by atoms with E-state index in [-0.39, 0.29) is 31.1 Å². The molecule has 1 atom stereocenters. The third-order valence-electron chi connectivity index (χ3n) is 3.88. The summed E-state index contributed by atoms with van der Waals surface area (Å²) in [6, 6.07) is 8.75. The number of nitrogens with one attached hydrogen (secondary N) is 1. The Labute approximate surface area is 153 Å². The van der Waals surface area contributed by atoms with Crippen LogP contribution >= 0.6 is 12.4 Å². The molecule has 0 radical (unpaired) electrons. The van der Waals surface area contributed by atoms with Gasteiger partial charge in [-0.1, -0.05) is 13.3 Å². The summed E-state index contributed by atoms with van der Waals surface area (Å²) in [5.41, 5.74) is 8.18. The van der Waals surface area contributed by atoms with Crippen LogP contribution < -0.4 is 20.5 Å². The summed E-state index contributed by atoms with van der Waals surface area (Å²) in [6.07, 6.45) is 1.70. The minimum absolute atomic E-state index is 0. The molecule has 1 unspecified atom stereocenters. The van der Waals surface area contributed by atoms with Gasteiger partial charge in [-0.2, -0.15) is 0 Å². The van der Waals surface area contributed by atoms with Gasteiger partial charge >= 0.3 is 0 Å². The Bertz CT molecular complexity index is 747. The summed E-state index contributed by atoms with van der Waals surface area (Å²) >= 11 is 0. The predicted molar refractivity (Wildman–Crippen MR) is 98.3 cm³/mol. The Hall–Kier alpha value is -2.47. The molecule has 25 heavy (non-hydrogen) atoms. The van der Waals surface area contributed by atoms with Gasteiger partial charge in [0, 0.05) is 5.56 Å². The first-order valence-corrected chi connectivity index (χ1v) is 8.01. The largest absolute Gasteiger partial charge is 0.454 e. The molecule has 2 aromatic rings. The minimum atomic E-state index is -0.185. The van der Waals surface area contributed by atoms with Gasteiger partial charge in [0.25, 0.3) is 5.91 Å². The summed E-state index contributed by atoms with van der Waals surface area (Å²) < 4.78 is 10.6. The number of aryl methyl sites for hydroxylation is 1. The minimum Gasteiger partial charge on any atom is -0.454 e. The van der Waals surface area contributed by atoms with Gasteiger partial charge in [-0.15, -0.1) is 12.4 Å². The van der Waals surface area contributed by atoms with E-state index in [9.17, 15) is 4.79 Å². The first-order chi connectivity index (χ1) is 11.6. The highest BCUT2D eigenvalue weighted by Crippen LogP contribution is 2.32. The smallest absolute Gasteiger partial charge is 0.251 e. The summed E-state index contributed by atoms with van der Waals surface area (Å²) in [7, 11) is 0. The summed E-state index contributed by atoms with van der Waals surface area (Å²) in [5.74, 6) is 1.54. The molecule has 2 heterocycles. The van der Waals surface area contributed by atoms with Crippen LogP contribution in [0.25, 0.3) is 0 Å². The maximum atomic E-state index is 12.6. The highest BCUT2D eigenvalue weighted by Gasteiger charge is 2.20. The fourth-order valence-electron chi connectivity index (χ4n) is 2.76. The van der Waals surface area contributed by atoms with Crippen LogP contribution in [0.3, 0.4) is 0 Å². The van der Waals surface area contributed by atoms with E-state index >= 15 is 0 Å². The van der Waals surface area contributed by atoms with Crippen molar-refractivity contribution in [2.45, 2.75) is 32.7 Å². The van der Waals surface area contributed by atoms with Crippen molar-refractivity contribution in [1.82, 2.24) is 10.3 Å². The number of nitrogens with zero attached hydrogens (tertiary/aromatic N) is 1. The summed E-state index contributed by atoms with van der Waals surface area (Å²) in [6.45, 7) is 4.22. The molecule has 0 saturated carbocycles. The van der Waals surface area contributed by atoms with Crippen molar-refractivity contribution in [2.75, 3.05) is 12.5 Å². The molecule has 134 valence electrons. The molecular formula is C18H22ClN3O3. The van der Waals surface area contributed by atoms with Crippen LogP contribution in [0.5, 0.6) is 11.5 Å². The fraction of sp³-hybridized carbons (Fsp3) is 0.333. The van der Waals surface area contributed by atoms with Crippen molar-refractivity contribution in [1.29, 1.82) is 0 Å². The monoisotopic (exact) mass is 363 g/mol. The van der Waals surface area contributed by atoms with Crippen molar-refractivity contribution >= 4 is 24.1 Å². The second-order valence-corrected chi connectivity index (χ2v) is 5.88. The molecular weight excluding hydrogens is 342 g/mol. The van der Waals surface area contributed by atoms with Crippen LogP contribution in [-0.4, -0.2) is 17.7 Å². The van der Waals surface area contributed by atoms with Gasteiger partial charge in [-0.25, -0.2) is 4.98 Å². The van der Waals surface area contributed by atoms with Gasteiger partial charge in [-0.05, 0) is 49.2 Å². The molecule has 6 nitrogen and oxygen atoms in total. The number of pyridine rings is 1. The number of hydrogen-bond acceptors (Lipinski definition) is 5. The number of benzene rings is 1. The molecule has 1 aliphatic heterocycles.